The van der Waals surface area contributed by atoms with Gasteiger partial charge >= 0.3 is 0 Å². The molecule has 0 aliphatic heterocycles. The largest absolute Gasteiger partial charge is 0.266 e. The van der Waals surface area contributed by atoms with Gasteiger partial charge in [-0.25, -0.2) is 0 Å². The molecule has 0 bridgehead atoms. The van der Waals surface area contributed by atoms with Crippen molar-refractivity contribution in [1.82, 2.24) is 9.78 Å². The fourth-order valence-electron chi connectivity index (χ4n) is 1.62. The van der Waals surface area contributed by atoms with Crippen molar-refractivity contribution < 1.29 is 0 Å². The first-order valence-corrected chi connectivity index (χ1v) is 4.72. The smallest absolute Gasteiger partial charge is 0.0868 e. The summed E-state index contributed by atoms with van der Waals surface area (Å²) in [5.74, 6) is 0. The molecule has 0 saturated heterocycles. The molecule has 2 rings (SSSR count). The Labute approximate surface area is 82.1 Å². The summed E-state index contributed by atoms with van der Waals surface area (Å²) in [6.45, 7) is 2.10. The number of aryl methyl sites for hydroxylation is 2. The normalized spacial score (nSPS) is 11.0. The van der Waals surface area contributed by atoms with Gasteiger partial charge in [-0.3, -0.25) is 4.68 Å². The van der Waals surface area contributed by atoms with Crippen LogP contribution in [0.2, 0.25) is 5.02 Å². The molecule has 13 heavy (non-hydrogen) atoms. The van der Waals surface area contributed by atoms with Gasteiger partial charge in [0.2, 0.25) is 0 Å². The van der Waals surface area contributed by atoms with Gasteiger partial charge in [0, 0.05) is 12.4 Å². The van der Waals surface area contributed by atoms with E-state index in [1.165, 1.54) is 0 Å². The predicted molar refractivity (Wildman–Crippen MR) is 55.1 cm³/mol. The molecule has 2 aromatic rings. The van der Waals surface area contributed by atoms with Crippen LogP contribution >= 0.6 is 11.6 Å². The SMILES string of the molecule is CCc1nn(C)c2c(Cl)cccc12. The van der Waals surface area contributed by atoms with Crippen molar-refractivity contribution >= 4 is 22.5 Å². The lowest BCUT2D eigenvalue weighted by molar-refractivity contribution is 0.770. The molecule has 1 aromatic heterocycles. The highest BCUT2D eigenvalue weighted by molar-refractivity contribution is 6.35. The molecule has 0 fully saturated rings. The molecule has 2 nitrogen and oxygen atoms in total. The van der Waals surface area contributed by atoms with E-state index in [-0.39, 0.29) is 0 Å². The average Bonchev–Trinajstić information content (AvgIpc) is 2.44. The third kappa shape index (κ3) is 1.22. The first kappa shape index (κ1) is 8.57. The molecule has 0 radical (unpaired) electrons. The van der Waals surface area contributed by atoms with Gasteiger partial charge in [0.05, 0.1) is 16.2 Å². The van der Waals surface area contributed by atoms with Crippen LogP contribution in [0.15, 0.2) is 18.2 Å². The van der Waals surface area contributed by atoms with E-state index in [1.54, 1.807) is 0 Å². The Morgan fingerprint density at radius 2 is 2.23 bits per heavy atom. The van der Waals surface area contributed by atoms with Crippen molar-refractivity contribution in [3.8, 4) is 0 Å². The van der Waals surface area contributed by atoms with Gasteiger partial charge < -0.3 is 0 Å². The van der Waals surface area contributed by atoms with Crippen LogP contribution in [0.25, 0.3) is 10.9 Å². The fourth-order valence-corrected chi connectivity index (χ4v) is 1.92. The molecular weight excluding hydrogens is 184 g/mol. The molecule has 0 atom stereocenters. The second-order valence-corrected chi connectivity index (χ2v) is 3.47. The molecule has 0 saturated carbocycles. The summed E-state index contributed by atoms with van der Waals surface area (Å²) >= 11 is 6.07. The number of para-hydroxylation sites is 1. The molecule has 0 aliphatic rings. The molecule has 3 heteroatoms. The molecule has 1 aromatic carbocycles. The molecule has 0 spiro atoms. The Balaban J connectivity index is 2.87. The summed E-state index contributed by atoms with van der Waals surface area (Å²) in [7, 11) is 1.92. The van der Waals surface area contributed by atoms with Crippen LogP contribution in [0.1, 0.15) is 12.6 Å². The second-order valence-electron chi connectivity index (χ2n) is 3.06. The number of rotatable bonds is 1. The summed E-state index contributed by atoms with van der Waals surface area (Å²) in [6, 6.07) is 5.92. The number of hydrogen-bond donors (Lipinski definition) is 0. The topological polar surface area (TPSA) is 17.8 Å². The zero-order chi connectivity index (χ0) is 9.42. The van der Waals surface area contributed by atoms with Crippen molar-refractivity contribution in [2.75, 3.05) is 0 Å². The number of benzene rings is 1. The van der Waals surface area contributed by atoms with Gasteiger partial charge in [0.25, 0.3) is 0 Å². The zero-order valence-electron chi connectivity index (χ0n) is 7.71. The van der Waals surface area contributed by atoms with Crippen LogP contribution < -0.4 is 0 Å². The summed E-state index contributed by atoms with van der Waals surface area (Å²) in [5, 5.41) is 6.34. The van der Waals surface area contributed by atoms with Crippen LogP contribution in [-0.4, -0.2) is 9.78 Å². The lowest BCUT2D eigenvalue weighted by Gasteiger charge is -1.95. The third-order valence-electron chi connectivity index (χ3n) is 2.23. The average molecular weight is 195 g/mol. The Morgan fingerprint density at radius 1 is 1.46 bits per heavy atom. The highest BCUT2D eigenvalue weighted by Crippen LogP contribution is 2.25. The Hall–Kier alpha value is -1.02. The van der Waals surface area contributed by atoms with Gasteiger partial charge in [-0.15, -0.1) is 0 Å². The summed E-state index contributed by atoms with van der Waals surface area (Å²) < 4.78 is 1.84. The van der Waals surface area contributed by atoms with Crippen LogP contribution in [0, 0.1) is 0 Å². The van der Waals surface area contributed by atoms with Crippen LogP contribution in [0.4, 0.5) is 0 Å². The summed E-state index contributed by atoms with van der Waals surface area (Å²) in [6.07, 6.45) is 0.942. The van der Waals surface area contributed by atoms with Crippen molar-refractivity contribution in [1.29, 1.82) is 0 Å². The molecule has 1 heterocycles. The van der Waals surface area contributed by atoms with Gasteiger partial charge in [-0.05, 0) is 12.5 Å². The monoisotopic (exact) mass is 194 g/mol. The highest BCUT2D eigenvalue weighted by Gasteiger charge is 2.08. The van der Waals surface area contributed by atoms with E-state index in [0.717, 1.165) is 28.0 Å². The number of fused-ring (bicyclic) bond motifs is 1. The minimum Gasteiger partial charge on any atom is -0.266 e. The Morgan fingerprint density at radius 3 is 2.92 bits per heavy atom. The van der Waals surface area contributed by atoms with E-state index < -0.39 is 0 Å². The highest BCUT2D eigenvalue weighted by atomic mass is 35.5. The fraction of sp³-hybridized carbons (Fsp3) is 0.300. The minimum atomic E-state index is 0.771. The van der Waals surface area contributed by atoms with Gasteiger partial charge in [0.1, 0.15) is 0 Å². The Kier molecular flexibility index (Phi) is 2.00. The molecule has 68 valence electrons. The summed E-state index contributed by atoms with van der Waals surface area (Å²) in [5.41, 5.74) is 2.14. The number of nitrogens with zero attached hydrogens (tertiary/aromatic N) is 2. The maximum absolute atomic E-state index is 6.07. The van der Waals surface area contributed by atoms with E-state index in [2.05, 4.69) is 18.1 Å². The van der Waals surface area contributed by atoms with E-state index in [9.17, 15) is 0 Å². The maximum atomic E-state index is 6.07. The van der Waals surface area contributed by atoms with E-state index >= 15 is 0 Å². The lowest BCUT2D eigenvalue weighted by atomic mass is 10.2. The lowest BCUT2D eigenvalue weighted by Crippen LogP contribution is -1.90. The van der Waals surface area contributed by atoms with E-state index in [0.29, 0.717) is 0 Å². The van der Waals surface area contributed by atoms with Crippen LogP contribution in [0.5, 0.6) is 0 Å². The van der Waals surface area contributed by atoms with Crippen molar-refractivity contribution in [3.63, 3.8) is 0 Å². The summed E-state index contributed by atoms with van der Waals surface area (Å²) in [4.78, 5) is 0. The van der Waals surface area contributed by atoms with E-state index in [1.807, 2.05) is 23.9 Å². The van der Waals surface area contributed by atoms with Crippen molar-refractivity contribution in [2.24, 2.45) is 7.05 Å². The number of halogens is 1. The van der Waals surface area contributed by atoms with Crippen molar-refractivity contribution in [2.45, 2.75) is 13.3 Å². The minimum absolute atomic E-state index is 0.771. The predicted octanol–water partition coefficient (Wildman–Crippen LogP) is 2.79. The molecule has 0 unspecified atom stereocenters. The standard InChI is InChI=1S/C10H11ClN2/c1-3-9-7-5-4-6-8(11)10(7)13(2)12-9/h4-6H,3H2,1-2H3. The maximum Gasteiger partial charge on any atom is 0.0868 e. The number of hydrogen-bond acceptors (Lipinski definition) is 1. The van der Waals surface area contributed by atoms with Gasteiger partial charge in [0.15, 0.2) is 0 Å². The molecule has 0 aliphatic carbocycles. The third-order valence-corrected chi connectivity index (χ3v) is 2.53. The quantitative estimate of drug-likeness (QED) is 0.683. The van der Waals surface area contributed by atoms with E-state index in [4.69, 9.17) is 11.6 Å². The second kappa shape index (κ2) is 3.04. The van der Waals surface area contributed by atoms with Crippen LogP contribution in [0.3, 0.4) is 0 Å². The van der Waals surface area contributed by atoms with Gasteiger partial charge in [-0.1, -0.05) is 30.7 Å². The first-order valence-electron chi connectivity index (χ1n) is 4.34. The van der Waals surface area contributed by atoms with Crippen LogP contribution in [-0.2, 0) is 13.5 Å². The Bertz CT molecular complexity index is 445. The molecular formula is C10H11ClN2. The number of aromatic nitrogens is 2. The molecule has 0 amide bonds. The zero-order valence-corrected chi connectivity index (χ0v) is 8.47. The first-order chi connectivity index (χ1) is 6.24. The van der Waals surface area contributed by atoms with Crippen molar-refractivity contribution in [3.05, 3.63) is 28.9 Å². The molecule has 0 N–H and O–H groups in total. The van der Waals surface area contributed by atoms with Gasteiger partial charge in [-0.2, -0.15) is 5.10 Å².